The number of ether oxygens (including phenoxy) is 4. The summed E-state index contributed by atoms with van der Waals surface area (Å²) in [5.74, 6) is 0.661. The molecule has 4 rings (SSSR count). The summed E-state index contributed by atoms with van der Waals surface area (Å²) in [6.07, 6.45) is 6.60. The first kappa shape index (κ1) is 24.0. The Morgan fingerprint density at radius 2 is 2.06 bits per heavy atom. The number of hydrogen-bond acceptors (Lipinski definition) is 6. The molecule has 1 saturated carbocycles. The van der Waals surface area contributed by atoms with E-state index in [1.807, 2.05) is 4.90 Å². The molecule has 7 heteroatoms. The van der Waals surface area contributed by atoms with Crippen molar-refractivity contribution >= 4 is 6.09 Å². The Hall–Kier alpha value is -1.15. The van der Waals surface area contributed by atoms with Gasteiger partial charge in [0, 0.05) is 20.2 Å². The first-order valence-electron chi connectivity index (χ1n) is 12.5. The van der Waals surface area contributed by atoms with Crippen LogP contribution in [0.15, 0.2) is 11.6 Å². The minimum atomic E-state index is -0.303. The highest BCUT2D eigenvalue weighted by molar-refractivity contribution is 5.69. The van der Waals surface area contributed by atoms with E-state index in [1.165, 1.54) is 5.57 Å². The quantitative estimate of drug-likeness (QED) is 0.312. The lowest BCUT2D eigenvalue weighted by Gasteiger charge is -2.44. The molecule has 0 aromatic heterocycles. The summed E-state index contributed by atoms with van der Waals surface area (Å²) < 4.78 is 24.2. The Balaban J connectivity index is 1.32. The zero-order valence-electron chi connectivity index (χ0n) is 20.5. The molecule has 6 atom stereocenters. The second-order valence-electron chi connectivity index (χ2n) is 10.6. The van der Waals surface area contributed by atoms with E-state index in [0.717, 1.165) is 64.9 Å². The predicted octanol–water partition coefficient (Wildman–Crippen LogP) is 3.52. The molecule has 4 aliphatic rings. The molecule has 0 radical (unpaired) electrons. The second-order valence-corrected chi connectivity index (χ2v) is 10.6. The summed E-state index contributed by atoms with van der Waals surface area (Å²) in [6.45, 7) is 12.9. The lowest BCUT2D eigenvalue weighted by atomic mass is 9.68. The van der Waals surface area contributed by atoms with Crippen molar-refractivity contribution in [2.24, 2.45) is 11.8 Å². The second kappa shape index (κ2) is 9.61. The third kappa shape index (κ3) is 4.86. The van der Waals surface area contributed by atoms with Crippen molar-refractivity contribution in [2.75, 3.05) is 39.9 Å². The zero-order valence-corrected chi connectivity index (χ0v) is 20.5. The molecule has 3 aliphatic heterocycles. The molecule has 1 amide bonds. The molecule has 1 unspecified atom stereocenters. The molecule has 1 spiro atoms. The Morgan fingerprint density at radius 1 is 1.31 bits per heavy atom. The Bertz CT molecular complexity index is 698. The first-order chi connectivity index (χ1) is 15.3. The van der Waals surface area contributed by atoms with Crippen molar-refractivity contribution in [3.05, 3.63) is 11.6 Å². The molecule has 4 fully saturated rings. The van der Waals surface area contributed by atoms with Gasteiger partial charge in [0.05, 0.1) is 18.6 Å². The van der Waals surface area contributed by atoms with Crippen molar-refractivity contribution in [3.8, 4) is 0 Å². The summed E-state index contributed by atoms with van der Waals surface area (Å²) in [4.78, 5) is 14.7. The van der Waals surface area contributed by atoms with Crippen molar-refractivity contribution < 1.29 is 23.7 Å². The SMILES string of the molecule is CCNCCCC1CN(C(=O)O[C@@H]2CC[C@]3(CO3)C([C@@]3(C)O[C@@H]3CC=C(C)C)[C@@H]2OC)C1. The number of epoxide rings is 2. The fourth-order valence-electron chi connectivity index (χ4n) is 5.87. The van der Waals surface area contributed by atoms with Crippen molar-refractivity contribution in [1.82, 2.24) is 10.2 Å². The average Bonchev–Trinajstić information content (AvgIpc) is 3.63. The third-order valence-electron chi connectivity index (χ3n) is 7.92. The monoisotopic (exact) mass is 450 g/mol. The molecule has 3 heterocycles. The Morgan fingerprint density at radius 3 is 2.69 bits per heavy atom. The molecule has 1 N–H and O–H groups in total. The van der Waals surface area contributed by atoms with Gasteiger partial charge in [0.15, 0.2) is 0 Å². The van der Waals surface area contributed by atoms with Gasteiger partial charge in [-0.25, -0.2) is 4.79 Å². The van der Waals surface area contributed by atoms with Gasteiger partial charge < -0.3 is 29.2 Å². The van der Waals surface area contributed by atoms with Crippen LogP contribution in [0.4, 0.5) is 4.79 Å². The predicted molar refractivity (Wildman–Crippen MR) is 123 cm³/mol. The van der Waals surface area contributed by atoms with Gasteiger partial charge in [-0.1, -0.05) is 18.6 Å². The van der Waals surface area contributed by atoms with Gasteiger partial charge in [0.25, 0.3) is 0 Å². The van der Waals surface area contributed by atoms with Gasteiger partial charge in [-0.3, -0.25) is 0 Å². The number of nitrogens with one attached hydrogen (secondary N) is 1. The number of likely N-dealkylation sites (tertiary alicyclic amines) is 1. The lowest BCUT2D eigenvalue weighted by Crippen LogP contribution is -2.57. The molecule has 0 aromatic carbocycles. The number of nitrogens with zero attached hydrogens (tertiary/aromatic N) is 1. The molecule has 32 heavy (non-hydrogen) atoms. The highest BCUT2D eigenvalue weighted by Crippen LogP contribution is 2.59. The minimum absolute atomic E-state index is 0.0670. The number of rotatable bonds is 10. The largest absolute Gasteiger partial charge is 0.443 e. The maximum absolute atomic E-state index is 12.8. The van der Waals surface area contributed by atoms with Gasteiger partial charge in [-0.2, -0.15) is 0 Å². The van der Waals surface area contributed by atoms with Crippen LogP contribution in [0.1, 0.15) is 59.8 Å². The van der Waals surface area contributed by atoms with E-state index in [9.17, 15) is 4.79 Å². The zero-order chi connectivity index (χ0) is 22.9. The topological polar surface area (TPSA) is 75.9 Å². The van der Waals surface area contributed by atoms with Gasteiger partial charge in [0.1, 0.15) is 23.4 Å². The summed E-state index contributed by atoms with van der Waals surface area (Å²) in [7, 11) is 1.72. The Kier molecular flexibility index (Phi) is 7.20. The van der Waals surface area contributed by atoms with Crippen molar-refractivity contribution in [3.63, 3.8) is 0 Å². The highest BCUT2D eigenvalue weighted by atomic mass is 16.6. The summed E-state index contributed by atoms with van der Waals surface area (Å²) >= 11 is 0. The number of amides is 1. The maximum atomic E-state index is 12.8. The highest BCUT2D eigenvalue weighted by Gasteiger charge is 2.72. The molecule has 0 aromatic rings. The van der Waals surface area contributed by atoms with Crippen molar-refractivity contribution in [2.45, 2.75) is 89.3 Å². The molecular formula is C25H42N2O5. The number of carbonyl (C=O) groups is 1. The molecule has 7 nitrogen and oxygen atoms in total. The van der Waals surface area contributed by atoms with E-state index in [2.05, 4.69) is 39.1 Å². The summed E-state index contributed by atoms with van der Waals surface area (Å²) in [6, 6.07) is 0. The van der Waals surface area contributed by atoms with Gasteiger partial charge >= 0.3 is 6.09 Å². The molecule has 3 saturated heterocycles. The standard InChI is InChI=1S/C25H42N2O5/c1-6-26-13-7-8-18-14-27(15-18)23(28)31-19-11-12-25(16-30-25)22(21(19)29-5)24(4)20(32-24)10-9-17(2)3/h9,18-22,26H,6-8,10-16H2,1-5H3/t19-,20-,21-,22?,24+,25+/m1/s1. The Labute approximate surface area is 193 Å². The van der Waals surface area contributed by atoms with E-state index < -0.39 is 0 Å². The van der Waals surface area contributed by atoms with Crippen LogP contribution < -0.4 is 5.32 Å². The summed E-state index contributed by atoms with van der Waals surface area (Å²) in [5, 5.41) is 3.36. The number of methoxy groups -OCH3 is 1. The molecule has 0 bridgehead atoms. The van der Waals surface area contributed by atoms with Crippen molar-refractivity contribution in [1.29, 1.82) is 0 Å². The van der Waals surface area contributed by atoms with E-state index >= 15 is 0 Å². The fourth-order valence-corrected chi connectivity index (χ4v) is 5.87. The number of carbonyl (C=O) groups excluding carboxylic acids is 1. The fraction of sp³-hybridized carbons (Fsp3) is 0.880. The van der Waals surface area contributed by atoms with Crippen LogP contribution in [0.3, 0.4) is 0 Å². The van der Waals surface area contributed by atoms with Crippen LogP contribution in [0.2, 0.25) is 0 Å². The summed E-state index contributed by atoms with van der Waals surface area (Å²) in [5.41, 5.74) is 0.808. The van der Waals surface area contributed by atoms with Crippen LogP contribution in [-0.4, -0.2) is 80.4 Å². The number of allylic oxidation sites excluding steroid dienone is 1. The molecule has 1 aliphatic carbocycles. The average molecular weight is 451 g/mol. The molecular weight excluding hydrogens is 408 g/mol. The third-order valence-corrected chi connectivity index (χ3v) is 7.92. The minimum Gasteiger partial charge on any atom is -0.443 e. The smallest absolute Gasteiger partial charge is 0.410 e. The van der Waals surface area contributed by atoms with Crippen LogP contribution >= 0.6 is 0 Å². The number of hydrogen-bond donors (Lipinski definition) is 1. The normalized spacial score (nSPS) is 38.3. The van der Waals surface area contributed by atoms with Gasteiger partial charge in [-0.15, -0.1) is 0 Å². The molecule has 182 valence electrons. The maximum Gasteiger partial charge on any atom is 0.410 e. The van der Waals surface area contributed by atoms with Crippen LogP contribution in [0.25, 0.3) is 0 Å². The van der Waals surface area contributed by atoms with E-state index in [-0.39, 0.29) is 41.5 Å². The van der Waals surface area contributed by atoms with Crippen LogP contribution in [0, 0.1) is 11.8 Å². The lowest BCUT2D eigenvalue weighted by molar-refractivity contribution is -0.124. The van der Waals surface area contributed by atoms with E-state index in [0.29, 0.717) is 5.92 Å². The van der Waals surface area contributed by atoms with Gasteiger partial charge in [0.2, 0.25) is 0 Å². The van der Waals surface area contributed by atoms with E-state index in [1.54, 1.807) is 7.11 Å². The van der Waals surface area contributed by atoms with Gasteiger partial charge in [-0.05, 0) is 71.9 Å². The van der Waals surface area contributed by atoms with Crippen LogP contribution in [0.5, 0.6) is 0 Å². The van der Waals surface area contributed by atoms with E-state index in [4.69, 9.17) is 18.9 Å². The first-order valence-corrected chi connectivity index (χ1v) is 12.5. The van der Waals surface area contributed by atoms with Crippen LogP contribution in [-0.2, 0) is 18.9 Å².